The Kier molecular flexibility index (Phi) is 5.62. The van der Waals surface area contributed by atoms with Crippen molar-refractivity contribution in [3.8, 4) is 17.5 Å². The molecule has 1 aromatic heterocycles. The molecule has 1 heterocycles. The number of benzene rings is 2. The number of hydrogen-bond acceptors (Lipinski definition) is 4. The van der Waals surface area contributed by atoms with Crippen molar-refractivity contribution in [3.63, 3.8) is 0 Å². The summed E-state index contributed by atoms with van der Waals surface area (Å²) in [4.78, 5) is 7.15. The van der Waals surface area contributed by atoms with Gasteiger partial charge in [0.05, 0.1) is 0 Å². The molecule has 3 aromatic rings. The highest BCUT2D eigenvalue weighted by molar-refractivity contribution is 5.50. The second-order valence-electron chi connectivity index (χ2n) is 5.75. The van der Waals surface area contributed by atoms with Crippen LogP contribution in [0.5, 0.6) is 17.5 Å². The Morgan fingerprint density at radius 3 is 1.86 bits per heavy atom. The van der Waals surface area contributed by atoms with Gasteiger partial charge < -0.3 is 9.47 Å². The summed E-state index contributed by atoms with van der Waals surface area (Å²) in [6, 6.07) is 9.43. The van der Waals surface area contributed by atoms with Gasteiger partial charge in [-0.2, -0.15) is 26.3 Å². The fourth-order valence-electron chi connectivity index (χ4n) is 2.38. The van der Waals surface area contributed by atoms with Crippen LogP contribution in [0.4, 0.5) is 26.3 Å². The largest absolute Gasteiger partial charge is 0.488 e. The molecule has 0 atom stereocenters. The molecule has 2 aromatic carbocycles. The van der Waals surface area contributed by atoms with Crippen LogP contribution >= 0.6 is 0 Å². The highest BCUT2D eigenvalue weighted by atomic mass is 19.4. The van der Waals surface area contributed by atoms with Crippen molar-refractivity contribution in [1.82, 2.24) is 9.97 Å². The van der Waals surface area contributed by atoms with E-state index in [4.69, 9.17) is 9.47 Å². The smallest absolute Gasteiger partial charge is 0.420 e. The maximum atomic E-state index is 13.5. The summed E-state index contributed by atoms with van der Waals surface area (Å²) < 4.78 is 90.8. The quantitative estimate of drug-likeness (QED) is 0.489. The molecular formula is C19H12F6N2O2. The minimum atomic E-state index is -5.00. The average molecular weight is 414 g/mol. The van der Waals surface area contributed by atoms with Gasteiger partial charge in [0, 0.05) is 12.4 Å². The van der Waals surface area contributed by atoms with E-state index in [1.54, 1.807) is 30.3 Å². The third-order valence-corrected chi connectivity index (χ3v) is 3.67. The van der Waals surface area contributed by atoms with E-state index in [9.17, 15) is 26.3 Å². The van der Waals surface area contributed by atoms with Crippen molar-refractivity contribution >= 4 is 0 Å². The first-order chi connectivity index (χ1) is 13.6. The van der Waals surface area contributed by atoms with Crippen molar-refractivity contribution < 1.29 is 35.8 Å². The summed E-state index contributed by atoms with van der Waals surface area (Å²) in [6.07, 6.45) is -7.62. The van der Waals surface area contributed by atoms with Crippen molar-refractivity contribution in [3.05, 3.63) is 77.6 Å². The third-order valence-electron chi connectivity index (χ3n) is 3.67. The molecule has 0 aliphatic heterocycles. The fourth-order valence-corrected chi connectivity index (χ4v) is 2.38. The lowest BCUT2D eigenvalue weighted by Crippen LogP contribution is -2.14. The Balaban J connectivity index is 2.05. The summed E-state index contributed by atoms with van der Waals surface area (Å²) in [5.74, 6) is -2.04. The summed E-state index contributed by atoms with van der Waals surface area (Å²) in [6.45, 7) is -0.344. The molecule has 0 aliphatic rings. The first-order valence-corrected chi connectivity index (χ1v) is 8.08. The molecule has 10 heteroatoms. The molecule has 3 rings (SSSR count). The third kappa shape index (κ3) is 5.15. The standard InChI is InChI=1S/C19H12F6N2O2/c20-18(21,22)13-10-16(29-17-26-7-4-8-27-17)14(19(23,24)25)9-15(13)28-11-12-5-2-1-3-6-12/h1-10H,11H2. The Hall–Kier alpha value is -3.30. The first-order valence-electron chi connectivity index (χ1n) is 8.08. The number of ether oxygens (including phenoxy) is 2. The number of rotatable bonds is 5. The summed E-state index contributed by atoms with van der Waals surface area (Å²) in [7, 11) is 0. The van der Waals surface area contributed by atoms with E-state index in [0.29, 0.717) is 5.56 Å². The lowest BCUT2D eigenvalue weighted by atomic mass is 10.1. The molecule has 152 valence electrons. The van der Waals surface area contributed by atoms with E-state index in [1.165, 1.54) is 18.5 Å². The summed E-state index contributed by atoms with van der Waals surface area (Å²) >= 11 is 0. The number of aromatic nitrogens is 2. The zero-order chi connectivity index (χ0) is 21.1. The molecule has 0 spiro atoms. The van der Waals surface area contributed by atoms with Crippen LogP contribution in [0, 0.1) is 0 Å². The van der Waals surface area contributed by atoms with Gasteiger partial charge in [0.2, 0.25) is 0 Å². The average Bonchev–Trinajstić information content (AvgIpc) is 2.66. The second kappa shape index (κ2) is 7.98. The molecule has 0 unspecified atom stereocenters. The molecule has 0 bridgehead atoms. The summed E-state index contributed by atoms with van der Waals surface area (Å²) in [5.41, 5.74) is -2.36. The molecule has 29 heavy (non-hydrogen) atoms. The van der Waals surface area contributed by atoms with E-state index < -0.39 is 41.0 Å². The molecule has 0 aliphatic carbocycles. The Labute approximate surface area is 160 Å². The van der Waals surface area contributed by atoms with Crippen LogP contribution in [-0.2, 0) is 19.0 Å². The zero-order valence-corrected chi connectivity index (χ0v) is 14.5. The predicted octanol–water partition coefficient (Wildman–Crippen LogP) is 5.89. The van der Waals surface area contributed by atoms with E-state index in [1.807, 2.05) is 0 Å². The molecule has 0 radical (unpaired) electrons. The van der Waals surface area contributed by atoms with Gasteiger partial charge in [0.25, 0.3) is 0 Å². The fraction of sp³-hybridized carbons (Fsp3) is 0.158. The molecule has 4 nitrogen and oxygen atoms in total. The lowest BCUT2D eigenvalue weighted by molar-refractivity contribution is -0.143. The number of alkyl halides is 6. The Bertz CT molecular complexity index is 960. The topological polar surface area (TPSA) is 44.2 Å². The van der Waals surface area contributed by atoms with Crippen LogP contribution in [0.15, 0.2) is 60.9 Å². The highest BCUT2D eigenvalue weighted by Crippen LogP contribution is 2.46. The van der Waals surface area contributed by atoms with Crippen LogP contribution in [0.3, 0.4) is 0 Å². The van der Waals surface area contributed by atoms with Gasteiger partial charge in [-0.1, -0.05) is 30.3 Å². The maximum absolute atomic E-state index is 13.5. The van der Waals surface area contributed by atoms with Crippen molar-refractivity contribution in [2.24, 2.45) is 0 Å². The Morgan fingerprint density at radius 1 is 0.724 bits per heavy atom. The molecule has 0 N–H and O–H groups in total. The monoisotopic (exact) mass is 414 g/mol. The molecular weight excluding hydrogens is 402 g/mol. The van der Waals surface area contributed by atoms with Crippen molar-refractivity contribution in [1.29, 1.82) is 0 Å². The number of nitrogens with zero attached hydrogens (tertiary/aromatic N) is 2. The minimum absolute atomic E-state index is 0.236. The van der Waals surface area contributed by atoms with Gasteiger partial charge in [-0.25, -0.2) is 9.97 Å². The molecule has 0 amide bonds. The minimum Gasteiger partial charge on any atom is -0.488 e. The summed E-state index contributed by atoms with van der Waals surface area (Å²) in [5, 5.41) is 0. The zero-order valence-electron chi connectivity index (χ0n) is 14.5. The van der Waals surface area contributed by atoms with Crippen molar-refractivity contribution in [2.45, 2.75) is 19.0 Å². The van der Waals surface area contributed by atoms with Crippen LogP contribution in [0.1, 0.15) is 16.7 Å². The number of halogens is 6. The van der Waals surface area contributed by atoms with E-state index in [0.717, 1.165) is 0 Å². The lowest BCUT2D eigenvalue weighted by Gasteiger charge is -2.19. The number of hydrogen-bond donors (Lipinski definition) is 0. The molecule has 0 saturated heterocycles. The van der Waals surface area contributed by atoms with Gasteiger partial charge in [-0.15, -0.1) is 0 Å². The normalized spacial score (nSPS) is 11.9. The predicted molar refractivity (Wildman–Crippen MR) is 89.3 cm³/mol. The Morgan fingerprint density at radius 2 is 1.28 bits per heavy atom. The second-order valence-corrected chi connectivity index (χ2v) is 5.75. The van der Waals surface area contributed by atoms with Gasteiger partial charge in [-0.3, -0.25) is 0 Å². The van der Waals surface area contributed by atoms with Gasteiger partial charge in [0.1, 0.15) is 29.2 Å². The van der Waals surface area contributed by atoms with E-state index in [2.05, 4.69) is 9.97 Å². The van der Waals surface area contributed by atoms with Crippen LogP contribution in [0.2, 0.25) is 0 Å². The van der Waals surface area contributed by atoms with E-state index in [-0.39, 0.29) is 18.7 Å². The SMILES string of the molecule is FC(F)(F)c1cc(Oc2ncccn2)c(C(F)(F)F)cc1OCc1ccccc1. The van der Waals surface area contributed by atoms with Gasteiger partial charge >= 0.3 is 18.4 Å². The van der Waals surface area contributed by atoms with Gasteiger partial charge in [-0.05, 0) is 23.8 Å². The molecule has 0 fully saturated rings. The highest BCUT2D eigenvalue weighted by Gasteiger charge is 2.41. The van der Waals surface area contributed by atoms with Crippen LogP contribution in [0.25, 0.3) is 0 Å². The first kappa shape index (κ1) is 20.4. The van der Waals surface area contributed by atoms with Crippen LogP contribution in [-0.4, -0.2) is 9.97 Å². The van der Waals surface area contributed by atoms with Gasteiger partial charge in [0.15, 0.2) is 0 Å². The van der Waals surface area contributed by atoms with Crippen LogP contribution < -0.4 is 9.47 Å². The van der Waals surface area contributed by atoms with E-state index >= 15 is 0 Å². The van der Waals surface area contributed by atoms with Crippen molar-refractivity contribution in [2.75, 3.05) is 0 Å². The maximum Gasteiger partial charge on any atom is 0.420 e. The molecule has 0 saturated carbocycles.